The number of benzene rings is 2. The van der Waals surface area contributed by atoms with Crippen LogP contribution < -0.4 is 0 Å². The molecule has 0 spiro atoms. The van der Waals surface area contributed by atoms with Crippen molar-refractivity contribution < 1.29 is 4.79 Å². The second-order valence-corrected chi connectivity index (χ2v) is 8.21. The fraction of sp³-hybridized carbons (Fsp3) is 0.440. The maximum Gasteiger partial charge on any atom is 0.236 e. The van der Waals surface area contributed by atoms with E-state index in [1.807, 2.05) is 18.7 Å². The molecule has 0 unspecified atom stereocenters. The zero-order valence-corrected chi connectivity index (χ0v) is 18.7. The summed E-state index contributed by atoms with van der Waals surface area (Å²) in [6.07, 6.45) is 0. The van der Waals surface area contributed by atoms with Gasteiger partial charge in [0.1, 0.15) is 5.82 Å². The Hall–Kier alpha value is -2.70. The summed E-state index contributed by atoms with van der Waals surface area (Å²) < 4.78 is 2.35. The predicted octanol–water partition coefficient (Wildman–Crippen LogP) is 3.07. The van der Waals surface area contributed by atoms with Crippen LogP contribution in [0, 0.1) is 0 Å². The minimum atomic E-state index is 0.239. The maximum atomic E-state index is 12.4. The Balaban J connectivity index is 1.42. The highest BCUT2D eigenvalue weighted by Crippen LogP contribution is 2.20. The number of amides is 1. The summed E-state index contributed by atoms with van der Waals surface area (Å²) >= 11 is 0. The van der Waals surface area contributed by atoms with Gasteiger partial charge >= 0.3 is 0 Å². The third-order valence-electron chi connectivity index (χ3n) is 6.22. The Morgan fingerprint density at radius 1 is 0.871 bits per heavy atom. The number of hydrogen-bond acceptors (Lipinski definition) is 4. The molecule has 6 heteroatoms. The van der Waals surface area contributed by atoms with Gasteiger partial charge in [-0.1, -0.05) is 42.5 Å². The number of imidazole rings is 1. The molecule has 2 aromatic carbocycles. The van der Waals surface area contributed by atoms with Crippen molar-refractivity contribution in [2.24, 2.45) is 0 Å². The van der Waals surface area contributed by atoms with Gasteiger partial charge in [0.2, 0.25) is 5.91 Å². The van der Waals surface area contributed by atoms with Crippen molar-refractivity contribution in [1.82, 2.24) is 24.3 Å². The number of rotatable bonds is 8. The molecule has 6 nitrogen and oxygen atoms in total. The van der Waals surface area contributed by atoms with Crippen molar-refractivity contribution in [3.63, 3.8) is 0 Å². The van der Waals surface area contributed by atoms with Crippen molar-refractivity contribution >= 4 is 16.9 Å². The summed E-state index contributed by atoms with van der Waals surface area (Å²) in [4.78, 5) is 24.0. The van der Waals surface area contributed by atoms with Crippen LogP contribution in [0.25, 0.3) is 11.0 Å². The summed E-state index contributed by atoms with van der Waals surface area (Å²) in [5.74, 6) is 1.35. The first-order valence-corrected chi connectivity index (χ1v) is 11.4. The fourth-order valence-electron chi connectivity index (χ4n) is 4.36. The predicted molar refractivity (Wildman–Crippen MR) is 125 cm³/mol. The van der Waals surface area contributed by atoms with Crippen LogP contribution in [0.5, 0.6) is 0 Å². The number of nitrogens with zero attached hydrogens (tertiary/aromatic N) is 5. The van der Waals surface area contributed by atoms with Crippen LogP contribution in [0.15, 0.2) is 54.6 Å². The van der Waals surface area contributed by atoms with E-state index >= 15 is 0 Å². The molecule has 31 heavy (non-hydrogen) atoms. The number of fused-ring (bicyclic) bond motifs is 1. The highest BCUT2D eigenvalue weighted by atomic mass is 16.2. The molecule has 0 aliphatic carbocycles. The van der Waals surface area contributed by atoms with Crippen LogP contribution in [0.1, 0.15) is 25.2 Å². The molecule has 0 bridgehead atoms. The number of likely N-dealkylation sites (N-methyl/N-ethyl adjacent to an activating group) is 1. The molecule has 4 rings (SSSR count). The van der Waals surface area contributed by atoms with Crippen LogP contribution in [0.4, 0.5) is 0 Å². The second-order valence-electron chi connectivity index (χ2n) is 8.21. The number of piperazine rings is 1. The smallest absolute Gasteiger partial charge is 0.236 e. The lowest BCUT2D eigenvalue weighted by Crippen LogP contribution is -2.49. The molecule has 1 aliphatic heterocycles. The average molecular weight is 420 g/mol. The molecule has 164 valence electrons. The minimum absolute atomic E-state index is 0.239. The van der Waals surface area contributed by atoms with E-state index in [9.17, 15) is 4.79 Å². The molecular formula is C25H33N5O. The summed E-state index contributed by atoms with van der Waals surface area (Å²) in [7, 11) is 0. The Morgan fingerprint density at radius 3 is 2.23 bits per heavy atom. The highest BCUT2D eigenvalue weighted by molar-refractivity contribution is 5.78. The lowest BCUT2D eigenvalue weighted by Gasteiger charge is -2.35. The van der Waals surface area contributed by atoms with E-state index in [0.29, 0.717) is 6.54 Å². The van der Waals surface area contributed by atoms with E-state index in [0.717, 1.165) is 63.7 Å². The van der Waals surface area contributed by atoms with Crippen molar-refractivity contribution in [3.05, 3.63) is 66.0 Å². The summed E-state index contributed by atoms with van der Waals surface area (Å²) in [5, 5.41) is 0. The van der Waals surface area contributed by atoms with Crippen LogP contribution in [0.3, 0.4) is 0 Å². The third kappa shape index (κ3) is 5.14. The molecule has 1 aliphatic rings. The molecule has 2 heterocycles. The van der Waals surface area contributed by atoms with Gasteiger partial charge < -0.3 is 9.47 Å². The number of para-hydroxylation sites is 2. The molecule has 1 saturated heterocycles. The number of aromatic nitrogens is 2. The van der Waals surface area contributed by atoms with Gasteiger partial charge in [0.05, 0.1) is 24.1 Å². The van der Waals surface area contributed by atoms with Crippen molar-refractivity contribution in [2.45, 2.75) is 26.9 Å². The molecule has 3 aromatic rings. The molecule has 1 aromatic heterocycles. The fourth-order valence-corrected chi connectivity index (χ4v) is 4.36. The summed E-state index contributed by atoms with van der Waals surface area (Å²) in [6, 6.07) is 19.0. The highest BCUT2D eigenvalue weighted by Gasteiger charge is 2.22. The van der Waals surface area contributed by atoms with Crippen molar-refractivity contribution in [1.29, 1.82) is 0 Å². The summed E-state index contributed by atoms with van der Waals surface area (Å²) in [5.41, 5.74) is 3.52. The first-order chi connectivity index (χ1) is 15.2. The van der Waals surface area contributed by atoms with E-state index in [4.69, 9.17) is 4.98 Å². The SMILES string of the molecule is CCN(CC)C(=O)CN1CCN(Cc2nc3ccccc3n2Cc2ccccc2)CC1. The minimum Gasteiger partial charge on any atom is -0.342 e. The zero-order valence-electron chi connectivity index (χ0n) is 18.7. The molecule has 0 N–H and O–H groups in total. The van der Waals surface area contributed by atoms with E-state index in [-0.39, 0.29) is 5.91 Å². The zero-order chi connectivity index (χ0) is 21.6. The molecular weight excluding hydrogens is 386 g/mol. The van der Waals surface area contributed by atoms with Gasteiger partial charge in [-0.3, -0.25) is 14.6 Å². The van der Waals surface area contributed by atoms with Crippen LogP contribution in [0.2, 0.25) is 0 Å². The lowest BCUT2D eigenvalue weighted by molar-refractivity contribution is -0.132. The molecule has 0 atom stereocenters. The summed E-state index contributed by atoms with van der Waals surface area (Å²) in [6.45, 7) is 11.6. The van der Waals surface area contributed by atoms with E-state index in [1.165, 1.54) is 11.1 Å². The lowest BCUT2D eigenvalue weighted by atomic mass is 10.2. The van der Waals surface area contributed by atoms with Crippen molar-refractivity contribution in [2.75, 3.05) is 45.8 Å². The van der Waals surface area contributed by atoms with Crippen LogP contribution >= 0.6 is 0 Å². The largest absolute Gasteiger partial charge is 0.342 e. The van der Waals surface area contributed by atoms with Crippen LogP contribution in [-0.4, -0.2) is 76.0 Å². The first-order valence-electron chi connectivity index (χ1n) is 11.4. The molecule has 0 saturated carbocycles. The van der Waals surface area contributed by atoms with Gasteiger partial charge in [-0.05, 0) is 31.5 Å². The molecule has 1 fully saturated rings. The van der Waals surface area contributed by atoms with Crippen molar-refractivity contribution in [3.8, 4) is 0 Å². The average Bonchev–Trinajstić information content (AvgIpc) is 3.13. The van der Waals surface area contributed by atoms with Gasteiger partial charge in [0, 0.05) is 45.8 Å². The quantitative estimate of drug-likeness (QED) is 0.563. The van der Waals surface area contributed by atoms with E-state index in [2.05, 4.69) is 69.0 Å². The Labute approximate surface area is 185 Å². The monoisotopic (exact) mass is 419 g/mol. The molecule has 0 radical (unpaired) electrons. The Morgan fingerprint density at radius 2 is 1.52 bits per heavy atom. The third-order valence-corrected chi connectivity index (χ3v) is 6.22. The van der Waals surface area contributed by atoms with Gasteiger partial charge in [-0.15, -0.1) is 0 Å². The Kier molecular flexibility index (Phi) is 6.99. The maximum absolute atomic E-state index is 12.4. The van der Waals surface area contributed by atoms with E-state index < -0.39 is 0 Å². The van der Waals surface area contributed by atoms with Crippen LogP contribution in [-0.2, 0) is 17.9 Å². The Bertz CT molecular complexity index is 988. The second kappa shape index (κ2) is 10.1. The number of hydrogen-bond donors (Lipinski definition) is 0. The standard InChI is InChI=1S/C25H33N5O/c1-3-29(4-2)25(31)20-28-16-14-27(15-17-28)19-24-26-22-12-8-9-13-23(22)30(24)18-21-10-6-5-7-11-21/h5-13H,3-4,14-20H2,1-2H3. The number of carbonyl (C=O) groups is 1. The van der Waals surface area contributed by atoms with Gasteiger partial charge in [-0.25, -0.2) is 4.98 Å². The topological polar surface area (TPSA) is 44.6 Å². The normalized spacial score (nSPS) is 15.4. The first kappa shape index (κ1) is 21.5. The van der Waals surface area contributed by atoms with E-state index in [1.54, 1.807) is 0 Å². The van der Waals surface area contributed by atoms with Gasteiger partial charge in [0.25, 0.3) is 0 Å². The number of carbonyl (C=O) groups excluding carboxylic acids is 1. The van der Waals surface area contributed by atoms with Gasteiger partial charge in [0.15, 0.2) is 0 Å². The molecule has 1 amide bonds. The van der Waals surface area contributed by atoms with Gasteiger partial charge in [-0.2, -0.15) is 0 Å².